The molecule has 1 aromatic heterocycles. The molecule has 0 fully saturated rings. The van der Waals surface area contributed by atoms with Gasteiger partial charge in [-0.15, -0.1) is 0 Å². The molecule has 0 bridgehead atoms. The number of fused-ring (bicyclic) bond motifs is 1. The maximum absolute atomic E-state index is 12.1. The molecule has 7 heteroatoms. The van der Waals surface area contributed by atoms with E-state index in [1.807, 2.05) is 0 Å². The molecule has 0 unspecified atom stereocenters. The summed E-state index contributed by atoms with van der Waals surface area (Å²) >= 11 is 6.07. The van der Waals surface area contributed by atoms with Gasteiger partial charge in [0, 0.05) is 0 Å². The molecule has 2 aromatic rings. The smallest absolute Gasteiger partial charge is 0.218 e. The van der Waals surface area contributed by atoms with Gasteiger partial charge in [0.25, 0.3) is 0 Å². The summed E-state index contributed by atoms with van der Waals surface area (Å²) in [5.41, 5.74) is 0.609. The normalized spacial score (nSPS) is 13.4. The molecule has 0 aliphatic rings. The van der Waals surface area contributed by atoms with Crippen molar-refractivity contribution >= 4 is 43.5 Å². The first-order chi connectivity index (χ1) is 7.47. The topological polar surface area (TPSA) is 25.2 Å². The zero-order valence-corrected chi connectivity index (χ0v) is 9.20. The quantitative estimate of drug-likeness (QED) is 0.711. The molecular formula is C9H4ClF3N2S. The average molecular weight is 265 g/mol. The highest BCUT2D eigenvalue weighted by molar-refractivity contribution is 7.22. The predicted molar refractivity (Wildman–Crippen MR) is 58.6 cm³/mol. The fourth-order valence-electron chi connectivity index (χ4n) is 1.06. The Morgan fingerprint density at radius 3 is 2.62 bits per heavy atom. The van der Waals surface area contributed by atoms with Gasteiger partial charge in [0.1, 0.15) is 0 Å². The van der Waals surface area contributed by atoms with Crippen LogP contribution in [0, 0.1) is 0 Å². The van der Waals surface area contributed by atoms with Crippen LogP contribution < -0.4 is 0 Å². The Labute approximate surface area is 97.4 Å². The molecular weight excluding hydrogens is 261 g/mol. The van der Waals surface area contributed by atoms with Crippen LogP contribution in [0.1, 0.15) is 0 Å². The zero-order chi connectivity index (χ0) is 11.8. The second-order valence-corrected chi connectivity index (χ2v) is 4.23. The Bertz CT molecular complexity index is 514. The molecule has 0 N–H and O–H groups in total. The van der Waals surface area contributed by atoms with Gasteiger partial charge in [-0.25, -0.2) is 9.98 Å². The summed E-state index contributed by atoms with van der Waals surface area (Å²) in [6.45, 7) is 0. The van der Waals surface area contributed by atoms with Gasteiger partial charge < -0.3 is 0 Å². The Morgan fingerprint density at radius 1 is 1.31 bits per heavy atom. The third-order valence-corrected chi connectivity index (χ3v) is 2.94. The summed E-state index contributed by atoms with van der Waals surface area (Å²) in [5.74, 6) is 0. The van der Waals surface area contributed by atoms with Crippen LogP contribution in [0.25, 0.3) is 10.2 Å². The number of aromatic nitrogens is 1. The molecule has 0 amide bonds. The average Bonchev–Trinajstić information content (AvgIpc) is 2.58. The molecule has 0 aliphatic heterocycles. The van der Waals surface area contributed by atoms with Crippen LogP contribution in [0.5, 0.6) is 0 Å². The van der Waals surface area contributed by atoms with Crippen molar-refractivity contribution in [2.24, 2.45) is 4.99 Å². The van der Waals surface area contributed by atoms with E-state index in [0.717, 1.165) is 16.0 Å². The zero-order valence-electron chi connectivity index (χ0n) is 7.62. The van der Waals surface area contributed by atoms with Crippen molar-refractivity contribution in [3.8, 4) is 0 Å². The molecule has 0 saturated heterocycles. The highest BCUT2D eigenvalue weighted by atomic mass is 35.5. The van der Waals surface area contributed by atoms with Crippen molar-refractivity contribution < 1.29 is 13.2 Å². The van der Waals surface area contributed by atoms with Crippen LogP contribution >= 0.6 is 22.9 Å². The first-order valence-electron chi connectivity index (χ1n) is 4.14. The van der Waals surface area contributed by atoms with E-state index in [4.69, 9.17) is 11.6 Å². The van der Waals surface area contributed by atoms with Crippen molar-refractivity contribution in [1.29, 1.82) is 0 Å². The standard InChI is InChI=1S/C9H4ClF3N2S/c10-7(9(11,12)13)15-8-14-5-3-1-2-4-6(5)16-8/h1-4H. The number of benzene rings is 1. The van der Waals surface area contributed by atoms with Gasteiger partial charge in [0.2, 0.25) is 10.3 Å². The Morgan fingerprint density at radius 2 is 2.00 bits per heavy atom. The minimum atomic E-state index is -4.63. The van der Waals surface area contributed by atoms with Gasteiger partial charge in [-0.1, -0.05) is 35.1 Å². The van der Waals surface area contributed by atoms with Crippen molar-refractivity contribution in [2.45, 2.75) is 6.18 Å². The highest BCUT2D eigenvalue weighted by Gasteiger charge is 2.34. The Kier molecular flexibility index (Phi) is 2.86. The lowest BCUT2D eigenvalue weighted by Gasteiger charge is -2.00. The summed E-state index contributed by atoms with van der Waals surface area (Å²) < 4.78 is 37.1. The van der Waals surface area contributed by atoms with Crippen molar-refractivity contribution in [2.75, 3.05) is 0 Å². The third-order valence-electron chi connectivity index (χ3n) is 1.71. The van der Waals surface area contributed by atoms with E-state index >= 15 is 0 Å². The second kappa shape index (κ2) is 4.03. The molecule has 0 atom stereocenters. The lowest BCUT2D eigenvalue weighted by atomic mass is 10.3. The molecule has 0 radical (unpaired) electrons. The van der Waals surface area contributed by atoms with Crippen LogP contribution in [0.3, 0.4) is 0 Å². The third kappa shape index (κ3) is 2.33. The Balaban J connectivity index is 2.42. The maximum atomic E-state index is 12.1. The minimum Gasteiger partial charge on any atom is -0.218 e. The van der Waals surface area contributed by atoms with Gasteiger partial charge in [0.05, 0.1) is 10.2 Å². The number of thiazole rings is 1. The lowest BCUT2D eigenvalue weighted by molar-refractivity contribution is -0.0558. The van der Waals surface area contributed by atoms with Gasteiger partial charge >= 0.3 is 6.18 Å². The number of halogens is 4. The van der Waals surface area contributed by atoms with Crippen molar-refractivity contribution in [3.05, 3.63) is 24.3 Å². The number of nitrogens with zero attached hydrogens (tertiary/aromatic N) is 2. The second-order valence-electron chi connectivity index (χ2n) is 2.86. The van der Waals surface area contributed by atoms with E-state index < -0.39 is 11.3 Å². The van der Waals surface area contributed by atoms with Crippen LogP contribution in [-0.2, 0) is 0 Å². The van der Waals surface area contributed by atoms with Gasteiger partial charge in [0.15, 0.2) is 0 Å². The summed E-state index contributed by atoms with van der Waals surface area (Å²) in [6.07, 6.45) is -4.63. The molecule has 84 valence electrons. The number of rotatable bonds is 1. The molecule has 2 rings (SSSR count). The van der Waals surface area contributed by atoms with Crippen LogP contribution in [0.2, 0.25) is 0 Å². The van der Waals surface area contributed by atoms with E-state index in [1.165, 1.54) is 0 Å². The van der Waals surface area contributed by atoms with Crippen LogP contribution in [0.15, 0.2) is 29.3 Å². The minimum absolute atomic E-state index is 0.00326. The highest BCUT2D eigenvalue weighted by Crippen LogP contribution is 2.30. The molecule has 0 spiro atoms. The van der Waals surface area contributed by atoms with Gasteiger partial charge in [-0.05, 0) is 12.1 Å². The first-order valence-corrected chi connectivity index (χ1v) is 5.33. The van der Waals surface area contributed by atoms with E-state index in [0.29, 0.717) is 5.52 Å². The SMILES string of the molecule is FC(F)(F)C(Cl)=Nc1nc2ccccc2s1. The number of para-hydroxylation sites is 1. The molecule has 1 heterocycles. The fourth-order valence-corrected chi connectivity index (χ4v) is 2.03. The van der Waals surface area contributed by atoms with Crippen molar-refractivity contribution in [1.82, 2.24) is 4.98 Å². The Hall–Kier alpha value is -1.14. The molecule has 0 aliphatic carbocycles. The molecule has 16 heavy (non-hydrogen) atoms. The summed E-state index contributed by atoms with van der Waals surface area (Å²) in [6, 6.07) is 6.99. The van der Waals surface area contributed by atoms with E-state index in [9.17, 15) is 13.2 Å². The molecule has 0 saturated carbocycles. The van der Waals surface area contributed by atoms with E-state index in [2.05, 4.69) is 9.98 Å². The number of aliphatic imine (C=N–C) groups is 1. The largest absolute Gasteiger partial charge is 0.444 e. The summed E-state index contributed by atoms with van der Waals surface area (Å²) in [7, 11) is 0. The van der Waals surface area contributed by atoms with Crippen LogP contribution in [-0.4, -0.2) is 16.3 Å². The van der Waals surface area contributed by atoms with E-state index in [-0.39, 0.29) is 5.13 Å². The number of hydrogen-bond acceptors (Lipinski definition) is 3. The van der Waals surface area contributed by atoms with Crippen LogP contribution in [0.4, 0.5) is 18.3 Å². The molecule has 1 aromatic carbocycles. The summed E-state index contributed by atoms with van der Waals surface area (Å²) in [5, 5.41) is -1.41. The monoisotopic (exact) mass is 264 g/mol. The first kappa shape index (κ1) is 11.3. The molecule has 2 nitrogen and oxygen atoms in total. The van der Waals surface area contributed by atoms with Gasteiger partial charge in [-0.2, -0.15) is 13.2 Å². The lowest BCUT2D eigenvalue weighted by Crippen LogP contribution is -2.16. The fraction of sp³-hybridized carbons (Fsp3) is 0.111. The van der Waals surface area contributed by atoms with Crippen molar-refractivity contribution in [3.63, 3.8) is 0 Å². The predicted octanol–water partition coefficient (Wildman–Crippen LogP) is 4.13. The van der Waals surface area contributed by atoms with Gasteiger partial charge in [-0.3, -0.25) is 0 Å². The number of alkyl halides is 3. The van der Waals surface area contributed by atoms with E-state index in [1.54, 1.807) is 24.3 Å². The maximum Gasteiger partial charge on any atom is 0.444 e. The summed E-state index contributed by atoms with van der Waals surface area (Å²) in [4.78, 5) is 7.14. The number of hydrogen-bond donors (Lipinski definition) is 0.